The molecule has 0 bridgehead atoms. The molecule has 0 radical (unpaired) electrons. The first-order valence-corrected chi connectivity index (χ1v) is 10.6. The maximum absolute atomic E-state index is 12.6. The van der Waals surface area contributed by atoms with Crippen LogP contribution in [0.2, 0.25) is 0 Å². The topological polar surface area (TPSA) is 103 Å². The van der Waals surface area contributed by atoms with Crippen LogP contribution < -0.4 is 16.0 Å². The summed E-state index contributed by atoms with van der Waals surface area (Å²) in [6, 6.07) is 3.65. The van der Waals surface area contributed by atoms with Gasteiger partial charge in [0, 0.05) is 31.6 Å². The van der Waals surface area contributed by atoms with E-state index >= 15 is 0 Å². The molecule has 3 N–H and O–H groups in total. The number of nitrogens with zero attached hydrogens (tertiary/aromatic N) is 2. The fourth-order valence-corrected chi connectivity index (χ4v) is 4.66. The first-order chi connectivity index (χ1) is 14.0. The molecule has 2 aliphatic heterocycles. The molecule has 1 aliphatic carbocycles. The molecule has 2 fully saturated rings. The molecule has 0 aromatic carbocycles. The lowest BCUT2D eigenvalue weighted by Gasteiger charge is -2.39. The molecule has 156 valence electrons. The summed E-state index contributed by atoms with van der Waals surface area (Å²) in [5, 5.41) is 9.47. The summed E-state index contributed by atoms with van der Waals surface area (Å²) in [6.45, 7) is 2.65. The molecule has 3 unspecified atom stereocenters. The number of pyridine rings is 1. The van der Waals surface area contributed by atoms with Crippen LogP contribution in [0, 0.1) is 5.92 Å². The van der Waals surface area contributed by atoms with Crippen molar-refractivity contribution in [3.05, 3.63) is 23.9 Å². The molecule has 3 heterocycles. The third-order valence-electron chi connectivity index (χ3n) is 6.48. The molecule has 29 heavy (non-hydrogen) atoms. The predicted molar refractivity (Wildman–Crippen MR) is 108 cm³/mol. The van der Waals surface area contributed by atoms with E-state index in [1.807, 2.05) is 0 Å². The van der Waals surface area contributed by atoms with Crippen LogP contribution in [-0.4, -0.2) is 52.4 Å². The van der Waals surface area contributed by atoms with Gasteiger partial charge in [0.15, 0.2) is 0 Å². The van der Waals surface area contributed by atoms with Crippen LogP contribution in [0.3, 0.4) is 0 Å². The number of rotatable bonds is 3. The average molecular weight is 399 g/mol. The van der Waals surface area contributed by atoms with Crippen LogP contribution in [0.15, 0.2) is 18.3 Å². The Labute approximate surface area is 170 Å². The zero-order chi connectivity index (χ0) is 20.4. The highest BCUT2D eigenvalue weighted by atomic mass is 16.2. The summed E-state index contributed by atoms with van der Waals surface area (Å²) in [7, 11) is 0. The van der Waals surface area contributed by atoms with Gasteiger partial charge in [0.1, 0.15) is 11.5 Å². The third kappa shape index (κ3) is 4.21. The molecule has 8 nitrogen and oxygen atoms in total. The summed E-state index contributed by atoms with van der Waals surface area (Å²) in [5.74, 6) is 0.681. The van der Waals surface area contributed by atoms with E-state index in [1.54, 1.807) is 23.2 Å². The van der Waals surface area contributed by atoms with E-state index in [0.717, 1.165) is 19.3 Å². The van der Waals surface area contributed by atoms with Crippen LogP contribution in [-0.2, 0) is 9.59 Å². The second-order valence-electron chi connectivity index (χ2n) is 8.56. The Morgan fingerprint density at radius 2 is 2.10 bits per heavy atom. The number of anilines is 1. The summed E-state index contributed by atoms with van der Waals surface area (Å²) in [6.07, 6.45) is 7.39. The second-order valence-corrected chi connectivity index (χ2v) is 8.56. The SMILES string of the molecule is CC1CCCCC1NC(=O)CN1CCC2(CCC1=O)NC(=O)c1cccnc1N2. The number of aromatic nitrogens is 1. The lowest BCUT2D eigenvalue weighted by atomic mass is 9.86. The van der Waals surface area contributed by atoms with Gasteiger partial charge in [-0.25, -0.2) is 4.98 Å². The van der Waals surface area contributed by atoms with Crippen molar-refractivity contribution in [3.8, 4) is 0 Å². The number of amides is 3. The van der Waals surface area contributed by atoms with Gasteiger partial charge in [0.05, 0.1) is 12.1 Å². The Hall–Kier alpha value is -2.64. The van der Waals surface area contributed by atoms with Crippen molar-refractivity contribution in [2.45, 2.75) is 63.6 Å². The first kappa shape index (κ1) is 19.7. The summed E-state index contributed by atoms with van der Waals surface area (Å²) >= 11 is 0. The normalized spacial score (nSPS) is 29.5. The van der Waals surface area contributed by atoms with Crippen molar-refractivity contribution in [1.82, 2.24) is 20.5 Å². The van der Waals surface area contributed by atoms with Gasteiger partial charge in [0.2, 0.25) is 11.8 Å². The molecule has 1 aromatic rings. The van der Waals surface area contributed by atoms with Crippen LogP contribution >= 0.6 is 0 Å². The Bertz CT molecular complexity index is 813. The van der Waals surface area contributed by atoms with Crippen molar-refractivity contribution in [2.75, 3.05) is 18.4 Å². The second kappa shape index (κ2) is 8.00. The van der Waals surface area contributed by atoms with Gasteiger partial charge in [-0.15, -0.1) is 0 Å². The van der Waals surface area contributed by atoms with E-state index in [-0.39, 0.29) is 36.7 Å². The van der Waals surface area contributed by atoms with E-state index in [0.29, 0.717) is 36.7 Å². The van der Waals surface area contributed by atoms with E-state index in [2.05, 4.69) is 27.9 Å². The van der Waals surface area contributed by atoms with Gasteiger partial charge in [-0.1, -0.05) is 19.8 Å². The highest BCUT2D eigenvalue weighted by Gasteiger charge is 2.41. The van der Waals surface area contributed by atoms with Crippen molar-refractivity contribution in [3.63, 3.8) is 0 Å². The Kier molecular flexibility index (Phi) is 5.43. The largest absolute Gasteiger partial charge is 0.352 e. The van der Waals surface area contributed by atoms with Crippen molar-refractivity contribution in [2.24, 2.45) is 5.92 Å². The summed E-state index contributed by atoms with van der Waals surface area (Å²) in [4.78, 5) is 43.6. The third-order valence-corrected chi connectivity index (χ3v) is 6.48. The first-order valence-electron chi connectivity index (χ1n) is 10.6. The minimum atomic E-state index is -0.711. The maximum atomic E-state index is 12.6. The number of fused-ring (bicyclic) bond motifs is 1. The smallest absolute Gasteiger partial charge is 0.256 e. The molecule has 3 atom stereocenters. The van der Waals surface area contributed by atoms with Gasteiger partial charge in [-0.2, -0.15) is 0 Å². The highest BCUT2D eigenvalue weighted by molar-refractivity contribution is 6.01. The van der Waals surface area contributed by atoms with Crippen molar-refractivity contribution < 1.29 is 14.4 Å². The fourth-order valence-electron chi connectivity index (χ4n) is 4.66. The maximum Gasteiger partial charge on any atom is 0.256 e. The highest BCUT2D eigenvalue weighted by Crippen LogP contribution is 2.30. The van der Waals surface area contributed by atoms with Crippen molar-refractivity contribution in [1.29, 1.82) is 0 Å². The Morgan fingerprint density at radius 1 is 1.28 bits per heavy atom. The molecule has 1 spiro atoms. The number of hydrogen-bond donors (Lipinski definition) is 3. The average Bonchev–Trinajstić information content (AvgIpc) is 2.84. The molecule has 1 aromatic heterocycles. The molecule has 1 saturated carbocycles. The predicted octanol–water partition coefficient (Wildman–Crippen LogP) is 1.64. The van der Waals surface area contributed by atoms with Gasteiger partial charge < -0.3 is 20.9 Å². The van der Waals surface area contributed by atoms with E-state index < -0.39 is 5.66 Å². The van der Waals surface area contributed by atoms with Crippen molar-refractivity contribution >= 4 is 23.5 Å². The van der Waals surface area contributed by atoms with Crippen LogP contribution in [0.25, 0.3) is 0 Å². The molecule has 4 rings (SSSR count). The number of carbonyl (C=O) groups excluding carboxylic acids is 3. The zero-order valence-corrected chi connectivity index (χ0v) is 16.9. The molecule has 8 heteroatoms. The van der Waals surface area contributed by atoms with Crippen LogP contribution in [0.1, 0.15) is 62.2 Å². The Balaban J connectivity index is 1.39. The number of likely N-dealkylation sites (tertiary alicyclic amines) is 1. The minimum absolute atomic E-state index is 0.0587. The quantitative estimate of drug-likeness (QED) is 0.717. The standard InChI is InChI=1S/C21H29N5O3/c1-14-5-2-3-7-16(14)23-17(27)13-26-12-10-21(9-8-18(26)28)24-19-15(20(29)25-21)6-4-11-22-19/h4,6,11,14,16H,2-3,5,7-10,12-13H2,1H3,(H,22,24)(H,23,27)(H,25,29). The zero-order valence-electron chi connectivity index (χ0n) is 16.9. The van der Waals surface area contributed by atoms with E-state index in [9.17, 15) is 14.4 Å². The van der Waals surface area contributed by atoms with E-state index in [4.69, 9.17) is 0 Å². The molecular weight excluding hydrogens is 370 g/mol. The number of carbonyl (C=O) groups is 3. The number of hydrogen-bond acceptors (Lipinski definition) is 5. The monoisotopic (exact) mass is 399 g/mol. The lowest BCUT2D eigenvalue weighted by Crippen LogP contribution is -2.58. The van der Waals surface area contributed by atoms with Gasteiger partial charge in [-0.3, -0.25) is 14.4 Å². The minimum Gasteiger partial charge on any atom is -0.352 e. The fraction of sp³-hybridized carbons (Fsp3) is 0.619. The van der Waals surface area contributed by atoms with E-state index in [1.165, 1.54) is 6.42 Å². The van der Waals surface area contributed by atoms with Crippen LogP contribution in [0.5, 0.6) is 0 Å². The molecular formula is C21H29N5O3. The van der Waals surface area contributed by atoms with Gasteiger partial charge in [0.25, 0.3) is 5.91 Å². The summed E-state index contributed by atoms with van der Waals surface area (Å²) < 4.78 is 0. The molecule has 3 amide bonds. The number of nitrogens with one attached hydrogen (secondary N) is 3. The van der Waals surface area contributed by atoms with Gasteiger partial charge in [-0.05, 0) is 37.3 Å². The Morgan fingerprint density at radius 3 is 2.93 bits per heavy atom. The molecule has 3 aliphatic rings. The van der Waals surface area contributed by atoms with Crippen LogP contribution in [0.4, 0.5) is 5.82 Å². The molecule has 1 saturated heterocycles. The lowest BCUT2D eigenvalue weighted by molar-refractivity contribution is -0.136. The summed E-state index contributed by atoms with van der Waals surface area (Å²) in [5.41, 5.74) is -0.205. The van der Waals surface area contributed by atoms with Gasteiger partial charge >= 0.3 is 0 Å².